The van der Waals surface area contributed by atoms with Gasteiger partial charge >= 0.3 is 0 Å². The molecule has 0 unspecified atom stereocenters. The van der Waals surface area contributed by atoms with Crippen LogP contribution in [-0.4, -0.2) is 20.6 Å². The Morgan fingerprint density at radius 3 is 2.77 bits per heavy atom. The third kappa shape index (κ3) is 4.83. The number of benzene rings is 2. The van der Waals surface area contributed by atoms with Gasteiger partial charge in [0.25, 0.3) is 0 Å². The molecule has 0 saturated carbocycles. The van der Waals surface area contributed by atoms with Crippen LogP contribution in [0, 0.1) is 6.92 Å². The van der Waals surface area contributed by atoms with Crippen LogP contribution in [0.3, 0.4) is 0 Å². The molecule has 1 aromatic heterocycles. The van der Waals surface area contributed by atoms with Crippen LogP contribution in [0.25, 0.3) is 6.08 Å². The fourth-order valence-electron chi connectivity index (χ4n) is 2.65. The minimum absolute atomic E-state index is 0.177. The Balaban J connectivity index is 1.56. The molecule has 0 bridgehead atoms. The summed E-state index contributed by atoms with van der Waals surface area (Å²) in [5, 5.41) is 12.3. The number of aromatic hydroxyl groups is 1. The maximum atomic E-state index is 12.0. The molecule has 0 saturated heterocycles. The van der Waals surface area contributed by atoms with E-state index in [4.69, 9.17) is 0 Å². The highest BCUT2D eigenvalue weighted by Crippen LogP contribution is 2.12. The molecule has 0 radical (unpaired) electrons. The highest BCUT2D eigenvalue weighted by Gasteiger charge is 2.02. The van der Waals surface area contributed by atoms with Crippen molar-refractivity contribution in [3.05, 3.63) is 89.5 Å². The van der Waals surface area contributed by atoms with Crippen molar-refractivity contribution < 1.29 is 9.90 Å². The van der Waals surface area contributed by atoms with Gasteiger partial charge in [-0.05, 0) is 41.8 Å². The molecule has 3 aromatic rings. The number of rotatable bonds is 6. The summed E-state index contributed by atoms with van der Waals surface area (Å²) in [4.78, 5) is 16.2. The van der Waals surface area contributed by atoms with Crippen LogP contribution in [0.15, 0.2) is 67.0 Å². The van der Waals surface area contributed by atoms with Crippen LogP contribution in [0.5, 0.6) is 5.75 Å². The van der Waals surface area contributed by atoms with Crippen LogP contribution in [0.2, 0.25) is 0 Å². The number of phenolic OH excluding ortho intramolecular Hbond substituents is 1. The molecule has 0 spiro atoms. The zero-order valence-electron chi connectivity index (χ0n) is 14.6. The number of nitrogens with one attached hydrogen (secondary N) is 1. The van der Waals surface area contributed by atoms with Crippen molar-refractivity contribution in [1.82, 2.24) is 14.9 Å². The molecule has 132 valence electrons. The summed E-state index contributed by atoms with van der Waals surface area (Å²) in [6.07, 6.45) is 6.88. The first-order valence-electron chi connectivity index (χ1n) is 8.40. The van der Waals surface area contributed by atoms with Gasteiger partial charge in [0, 0.05) is 31.6 Å². The van der Waals surface area contributed by atoms with E-state index in [1.54, 1.807) is 30.5 Å². The van der Waals surface area contributed by atoms with Gasteiger partial charge < -0.3 is 15.0 Å². The molecule has 0 aliphatic carbocycles. The monoisotopic (exact) mass is 347 g/mol. The van der Waals surface area contributed by atoms with E-state index in [1.807, 2.05) is 31.3 Å². The van der Waals surface area contributed by atoms with Crippen molar-refractivity contribution in [1.29, 1.82) is 0 Å². The molecule has 2 aromatic carbocycles. The van der Waals surface area contributed by atoms with E-state index in [2.05, 4.69) is 27.0 Å². The lowest BCUT2D eigenvalue weighted by atomic mass is 10.1. The van der Waals surface area contributed by atoms with E-state index >= 15 is 0 Å². The third-order valence-electron chi connectivity index (χ3n) is 4.03. The molecule has 26 heavy (non-hydrogen) atoms. The Labute approximate surface area is 152 Å². The van der Waals surface area contributed by atoms with Crippen molar-refractivity contribution in [2.75, 3.05) is 0 Å². The van der Waals surface area contributed by atoms with E-state index in [0.717, 1.165) is 29.1 Å². The van der Waals surface area contributed by atoms with E-state index < -0.39 is 0 Å². The summed E-state index contributed by atoms with van der Waals surface area (Å²) in [7, 11) is 0. The molecule has 0 aliphatic rings. The highest BCUT2D eigenvalue weighted by molar-refractivity contribution is 5.91. The van der Waals surface area contributed by atoms with E-state index in [-0.39, 0.29) is 11.7 Å². The van der Waals surface area contributed by atoms with Crippen molar-refractivity contribution in [3.63, 3.8) is 0 Å². The molecule has 3 rings (SSSR count). The molecular formula is C21H21N3O2. The second-order valence-corrected chi connectivity index (χ2v) is 6.07. The predicted molar refractivity (Wildman–Crippen MR) is 101 cm³/mol. The number of phenols is 1. The average Bonchev–Trinajstić information content (AvgIpc) is 3.03. The number of aryl methyl sites for hydroxylation is 1. The van der Waals surface area contributed by atoms with Crippen LogP contribution in [0.4, 0.5) is 0 Å². The van der Waals surface area contributed by atoms with Crippen molar-refractivity contribution in [2.45, 2.75) is 20.0 Å². The Kier molecular flexibility index (Phi) is 5.49. The van der Waals surface area contributed by atoms with Crippen molar-refractivity contribution >= 4 is 12.0 Å². The molecule has 0 aliphatic heterocycles. The van der Waals surface area contributed by atoms with Crippen molar-refractivity contribution in [2.24, 2.45) is 0 Å². The van der Waals surface area contributed by atoms with Gasteiger partial charge in [0.1, 0.15) is 11.6 Å². The number of nitrogens with zero attached hydrogens (tertiary/aromatic N) is 2. The van der Waals surface area contributed by atoms with Gasteiger partial charge in [0.2, 0.25) is 5.91 Å². The third-order valence-corrected chi connectivity index (χ3v) is 4.03. The highest BCUT2D eigenvalue weighted by atomic mass is 16.3. The number of aromatic nitrogens is 2. The molecule has 1 amide bonds. The van der Waals surface area contributed by atoms with Gasteiger partial charge in [-0.2, -0.15) is 0 Å². The summed E-state index contributed by atoms with van der Waals surface area (Å²) in [6.45, 7) is 3.19. The SMILES string of the molecule is Cc1nccn1Cc1cccc(CNC(=O)/C=C/c2cccc(O)c2)c1. The Hall–Kier alpha value is -3.34. The first-order valence-corrected chi connectivity index (χ1v) is 8.40. The lowest BCUT2D eigenvalue weighted by molar-refractivity contribution is -0.116. The first-order chi connectivity index (χ1) is 12.6. The Morgan fingerprint density at radius 2 is 2.00 bits per heavy atom. The van der Waals surface area contributed by atoms with Gasteiger partial charge in [0.05, 0.1) is 0 Å². The summed E-state index contributed by atoms with van der Waals surface area (Å²) in [6, 6.07) is 14.9. The Morgan fingerprint density at radius 1 is 1.19 bits per heavy atom. The molecule has 5 heteroatoms. The van der Waals surface area contributed by atoms with Crippen LogP contribution in [-0.2, 0) is 17.9 Å². The van der Waals surface area contributed by atoms with Gasteiger partial charge in [-0.15, -0.1) is 0 Å². The summed E-state index contributed by atoms with van der Waals surface area (Å²) in [5.74, 6) is 0.975. The van der Waals surface area contributed by atoms with Gasteiger partial charge in [-0.3, -0.25) is 4.79 Å². The standard InChI is InChI=1S/C21H21N3O2/c1-16-22-10-11-24(16)15-19-6-2-5-18(12-19)14-23-21(26)9-8-17-4-3-7-20(25)13-17/h2-13,25H,14-15H2,1H3,(H,23,26)/b9-8+. The smallest absolute Gasteiger partial charge is 0.244 e. The maximum Gasteiger partial charge on any atom is 0.244 e. The zero-order valence-corrected chi connectivity index (χ0v) is 14.6. The number of imidazole rings is 1. The fraction of sp³-hybridized carbons (Fsp3) is 0.143. The first kappa shape index (κ1) is 17.5. The van der Waals surface area contributed by atoms with E-state index in [0.29, 0.717) is 6.54 Å². The molecule has 5 nitrogen and oxygen atoms in total. The lowest BCUT2D eigenvalue weighted by Crippen LogP contribution is -2.20. The zero-order chi connectivity index (χ0) is 18.4. The summed E-state index contributed by atoms with van der Waals surface area (Å²) < 4.78 is 2.08. The largest absolute Gasteiger partial charge is 0.508 e. The minimum atomic E-state index is -0.177. The van der Waals surface area contributed by atoms with Gasteiger partial charge in [-0.25, -0.2) is 4.98 Å². The average molecular weight is 347 g/mol. The number of carbonyl (C=O) groups excluding carboxylic acids is 1. The maximum absolute atomic E-state index is 12.0. The predicted octanol–water partition coefficient (Wildman–Crippen LogP) is 3.28. The molecular weight excluding hydrogens is 326 g/mol. The number of hydrogen-bond acceptors (Lipinski definition) is 3. The van der Waals surface area contributed by atoms with Crippen LogP contribution >= 0.6 is 0 Å². The van der Waals surface area contributed by atoms with Crippen LogP contribution in [0.1, 0.15) is 22.5 Å². The molecule has 2 N–H and O–H groups in total. The molecule has 0 fully saturated rings. The number of amides is 1. The topological polar surface area (TPSA) is 67.2 Å². The van der Waals surface area contributed by atoms with E-state index in [1.165, 1.54) is 6.08 Å². The number of hydrogen-bond donors (Lipinski definition) is 2. The second-order valence-electron chi connectivity index (χ2n) is 6.07. The minimum Gasteiger partial charge on any atom is -0.508 e. The molecule has 1 heterocycles. The van der Waals surface area contributed by atoms with E-state index in [9.17, 15) is 9.90 Å². The van der Waals surface area contributed by atoms with Crippen LogP contribution < -0.4 is 5.32 Å². The summed E-state index contributed by atoms with van der Waals surface area (Å²) in [5.41, 5.74) is 2.98. The molecule has 0 atom stereocenters. The fourth-order valence-corrected chi connectivity index (χ4v) is 2.65. The lowest BCUT2D eigenvalue weighted by Gasteiger charge is -2.08. The summed E-state index contributed by atoms with van der Waals surface area (Å²) >= 11 is 0. The second kappa shape index (κ2) is 8.16. The number of carbonyl (C=O) groups is 1. The van der Waals surface area contributed by atoms with Gasteiger partial charge in [-0.1, -0.05) is 36.4 Å². The van der Waals surface area contributed by atoms with Crippen molar-refractivity contribution in [3.8, 4) is 5.75 Å². The van der Waals surface area contributed by atoms with Gasteiger partial charge in [0.15, 0.2) is 0 Å². The quantitative estimate of drug-likeness (QED) is 0.673. The Bertz CT molecular complexity index is 928. The normalized spacial score (nSPS) is 11.0.